The van der Waals surface area contributed by atoms with Crippen LogP contribution in [0.2, 0.25) is 0 Å². The molecular formula is C15H24O6S2. The van der Waals surface area contributed by atoms with E-state index in [1.165, 1.54) is 10.8 Å². The summed E-state index contributed by atoms with van der Waals surface area (Å²) in [4.78, 5) is 24.1. The average molecular weight is 364 g/mol. The van der Waals surface area contributed by atoms with Crippen LogP contribution in [0, 0.1) is 17.8 Å². The minimum atomic E-state index is -1.83. The van der Waals surface area contributed by atoms with Crippen molar-refractivity contribution in [2.75, 3.05) is 38.1 Å². The second-order valence-electron chi connectivity index (χ2n) is 4.39. The number of ether oxygens (including phenoxy) is 3. The van der Waals surface area contributed by atoms with E-state index in [9.17, 15) is 14.7 Å². The summed E-state index contributed by atoms with van der Waals surface area (Å²) in [6, 6.07) is 0. The summed E-state index contributed by atoms with van der Waals surface area (Å²) >= 11 is 0. The molecule has 0 saturated heterocycles. The zero-order chi connectivity index (χ0) is 17.6. The quantitative estimate of drug-likeness (QED) is 0.132. The fraction of sp³-hybridized carbons (Fsp3) is 0.733. The number of hydrogen-bond donors (Lipinski definition) is 1. The van der Waals surface area contributed by atoms with E-state index in [-0.39, 0.29) is 25.8 Å². The number of carbonyl (C=O) groups excluding carboxylic acids is 2. The molecule has 6 nitrogen and oxygen atoms in total. The van der Waals surface area contributed by atoms with Gasteiger partial charge in [0.2, 0.25) is 5.41 Å². The second kappa shape index (κ2) is 13.5. The van der Waals surface area contributed by atoms with Gasteiger partial charge in [-0.1, -0.05) is 21.6 Å². The van der Waals surface area contributed by atoms with Gasteiger partial charge in [-0.05, 0) is 20.3 Å². The highest BCUT2D eigenvalue weighted by Crippen LogP contribution is 2.26. The van der Waals surface area contributed by atoms with E-state index in [0.29, 0.717) is 0 Å². The minimum absolute atomic E-state index is 0.0970. The number of hydrogen-bond acceptors (Lipinski definition) is 8. The molecule has 132 valence electrons. The maximum Gasteiger partial charge on any atom is 0.328 e. The first-order valence-corrected chi connectivity index (χ1v) is 9.78. The molecule has 0 aliphatic carbocycles. The Morgan fingerprint density at radius 3 is 2.26 bits per heavy atom. The molecule has 0 rings (SSSR count). The number of terminal acetylenes is 1. The molecule has 8 heteroatoms. The molecule has 0 spiro atoms. The van der Waals surface area contributed by atoms with Crippen molar-refractivity contribution in [1.82, 2.24) is 0 Å². The van der Waals surface area contributed by atoms with E-state index in [1.54, 1.807) is 24.6 Å². The highest BCUT2D eigenvalue weighted by Gasteiger charge is 2.49. The predicted octanol–water partition coefficient (Wildman–Crippen LogP) is 1.86. The predicted molar refractivity (Wildman–Crippen MR) is 91.7 cm³/mol. The van der Waals surface area contributed by atoms with E-state index in [4.69, 9.17) is 20.6 Å². The molecule has 1 N–H and O–H groups in total. The Hall–Kier alpha value is -0.880. The Labute approximate surface area is 145 Å². The number of carbonyl (C=O) groups is 2. The van der Waals surface area contributed by atoms with E-state index in [2.05, 4.69) is 5.92 Å². The second-order valence-corrected chi connectivity index (χ2v) is 6.92. The van der Waals surface area contributed by atoms with Crippen LogP contribution in [0.5, 0.6) is 0 Å². The summed E-state index contributed by atoms with van der Waals surface area (Å²) in [7, 11) is 3.03. The number of rotatable bonds is 13. The molecule has 0 amide bonds. The van der Waals surface area contributed by atoms with Gasteiger partial charge < -0.3 is 19.3 Å². The maximum absolute atomic E-state index is 12.1. The summed E-state index contributed by atoms with van der Waals surface area (Å²) in [6.45, 7) is 2.41. The van der Waals surface area contributed by atoms with Crippen molar-refractivity contribution in [3.63, 3.8) is 0 Å². The first-order chi connectivity index (χ1) is 11.1. The van der Waals surface area contributed by atoms with Crippen molar-refractivity contribution in [3.8, 4) is 12.3 Å². The van der Waals surface area contributed by atoms with Gasteiger partial charge in [0.05, 0.1) is 26.4 Å². The molecule has 0 unspecified atom stereocenters. The Morgan fingerprint density at radius 2 is 1.78 bits per heavy atom. The lowest BCUT2D eigenvalue weighted by Gasteiger charge is -2.26. The van der Waals surface area contributed by atoms with Crippen molar-refractivity contribution in [2.45, 2.75) is 26.7 Å². The third-order valence-electron chi connectivity index (χ3n) is 2.71. The molecular weight excluding hydrogens is 340 g/mol. The van der Waals surface area contributed by atoms with E-state index < -0.39 is 24.0 Å². The molecule has 0 bridgehead atoms. The van der Waals surface area contributed by atoms with Crippen LogP contribution in [0.15, 0.2) is 0 Å². The van der Waals surface area contributed by atoms with Gasteiger partial charge in [0.25, 0.3) is 0 Å². The Kier molecular flexibility index (Phi) is 13.0. The summed E-state index contributed by atoms with van der Waals surface area (Å²) in [5.41, 5.74) is -1.83. The standard InChI is InChI=1S/C15H24O6S2/c1-4-7-8-9-22-23-12-19-11-15(10-16,13(17)20-5-2)14(18)21-6-3/h1,16H,5-12H2,2-3H3. The van der Waals surface area contributed by atoms with Gasteiger partial charge in [-0.15, -0.1) is 12.3 Å². The van der Waals surface area contributed by atoms with Crippen LogP contribution in [0.1, 0.15) is 26.7 Å². The van der Waals surface area contributed by atoms with Gasteiger partial charge in [0.1, 0.15) is 5.94 Å². The smallest absolute Gasteiger partial charge is 0.328 e. The minimum Gasteiger partial charge on any atom is -0.465 e. The zero-order valence-electron chi connectivity index (χ0n) is 13.5. The highest BCUT2D eigenvalue weighted by molar-refractivity contribution is 8.76. The Bertz CT molecular complexity index is 376. The van der Waals surface area contributed by atoms with E-state index in [0.717, 1.165) is 18.6 Å². The summed E-state index contributed by atoms with van der Waals surface area (Å²) in [5, 5.41) is 9.56. The molecule has 23 heavy (non-hydrogen) atoms. The van der Waals surface area contributed by atoms with Crippen molar-refractivity contribution in [1.29, 1.82) is 0 Å². The molecule has 0 aromatic heterocycles. The monoisotopic (exact) mass is 364 g/mol. The lowest BCUT2D eigenvalue weighted by molar-refractivity contribution is -0.179. The summed E-state index contributed by atoms with van der Waals surface area (Å²) in [5.74, 6) is 2.03. The Morgan fingerprint density at radius 1 is 1.17 bits per heavy atom. The lowest BCUT2D eigenvalue weighted by atomic mass is 9.90. The average Bonchev–Trinajstić information content (AvgIpc) is 2.54. The third-order valence-corrected chi connectivity index (χ3v) is 4.89. The SMILES string of the molecule is C#CCCCSSCOCC(CO)(C(=O)OCC)C(=O)OCC. The molecule has 0 heterocycles. The molecule has 0 aliphatic rings. The lowest BCUT2D eigenvalue weighted by Crippen LogP contribution is -2.48. The van der Waals surface area contributed by atoms with Crippen molar-refractivity contribution in [2.24, 2.45) is 5.41 Å². The molecule has 0 saturated carbocycles. The van der Waals surface area contributed by atoms with Gasteiger partial charge in [-0.25, -0.2) is 0 Å². The van der Waals surface area contributed by atoms with Gasteiger partial charge >= 0.3 is 11.9 Å². The number of esters is 2. The zero-order valence-corrected chi connectivity index (χ0v) is 15.2. The topological polar surface area (TPSA) is 82.1 Å². The molecule has 0 fully saturated rings. The number of aliphatic hydroxyl groups is 1. The fourth-order valence-electron chi connectivity index (χ4n) is 1.49. The molecule has 0 atom stereocenters. The Balaban J connectivity index is 4.44. The van der Waals surface area contributed by atoms with Crippen molar-refractivity contribution < 1.29 is 28.9 Å². The normalized spacial score (nSPS) is 10.9. The van der Waals surface area contributed by atoms with Crippen LogP contribution >= 0.6 is 21.6 Å². The maximum atomic E-state index is 12.1. The van der Waals surface area contributed by atoms with Crippen LogP contribution in [0.25, 0.3) is 0 Å². The van der Waals surface area contributed by atoms with Crippen LogP contribution in [0.4, 0.5) is 0 Å². The first kappa shape index (κ1) is 22.1. The van der Waals surface area contributed by atoms with Crippen LogP contribution < -0.4 is 0 Å². The van der Waals surface area contributed by atoms with Crippen LogP contribution in [-0.4, -0.2) is 55.2 Å². The molecule has 0 aromatic carbocycles. The largest absolute Gasteiger partial charge is 0.465 e. The number of aliphatic hydroxyl groups excluding tert-OH is 1. The van der Waals surface area contributed by atoms with Gasteiger partial charge in [0.15, 0.2) is 0 Å². The van der Waals surface area contributed by atoms with Gasteiger partial charge in [0, 0.05) is 12.2 Å². The molecule has 0 aliphatic heterocycles. The molecule has 0 radical (unpaired) electrons. The highest BCUT2D eigenvalue weighted by atomic mass is 33.1. The first-order valence-electron chi connectivity index (χ1n) is 7.29. The van der Waals surface area contributed by atoms with Crippen LogP contribution in [0.3, 0.4) is 0 Å². The fourth-order valence-corrected chi connectivity index (χ4v) is 3.21. The van der Waals surface area contributed by atoms with Crippen LogP contribution in [-0.2, 0) is 23.8 Å². The van der Waals surface area contributed by atoms with Crippen molar-refractivity contribution in [3.05, 3.63) is 0 Å². The summed E-state index contributed by atoms with van der Waals surface area (Å²) < 4.78 is 15.1. The number of unbranched alkanes of at least 4 members (excludes halogenated alkanes) is 1. The third kappa shape index (κ3) is 7.97. The summed E-state index contributed by atoms with van der Waals surface area (Å²) in [6.07, 6.45) is 6.81. The van der Waals surface area contributed by atoms with E-state index in [1.807, 2.05) is 0 Å². The van der Waals surface area contributed by atoms with E-state index >= 15 is 0 Å². The molecule has 0 aromatic rings. The van der Waals surface area contributed by atoms with Gasteiger partial charge in [-0.2, -0.15) is 0 Å². The van der Waals surface area contributed by atoms with Gasteiger partial charge in [-0.3, -0.25) is 9.59 Å². The van der Waals surface area contributed by atoms with Crippen molar-refractivity contribution >= 4 is 33.5 Å².